The number of pyridine rings is 1. The third kappa shape index (κ3) is 3.87. The minimum absolute atomic E-state index is 0.0415. The number of nitrogens with one attached hydrogen (secondary N) is 1. The monoisotopic (exact) mass is 398 g/mol. The van der Waals surface area contributed by atoms with E-state index >= 15 is 0 Å². The molecule has 0 spiro atoms. The summed E-state index contributed by atoms with van der Waals surface area (Å²) in [4.78, 5) is 22.0. The van der Waals surface area contributed by atoms with Crippen molar-refractivity contribution in [1.29, 1.82) is 0 Å². The van der Waals surface area contributed by atoms with Crippen LogP contribution in [0.25, 0.3) is 0 Å². The topological polar surface area (TPSA) is 48.5 Å². The number of hydrogen-bond donors (Lipinski definition) is 1. The van der Waals surface area contributed by atoms with Crippen molar-refractivity contribution in [3.63, 3.8) is 0 Å². The first-order valence-corrected chi connectivity index (χ1v) is 10.4. The van der Waals surface area contributed by atoms with Gasteiger partial charge in [-0.05, 0) is 56.5 Å². The Kier molecular flexibility index (Phi) is 5.56. The van der Waals surface area contributed by atoms with Crippen LogP contribution in [0.1, 0.15) is 40.9 Å². The van der Waals surface area contributed by atoms with Gasteiger partial charge in [0.05, 0.1) is 5.02 Å². The zero-order chi connectivity index (χ0) is 19.7. The van der Waals surface area contributed by atoms with E-state index in [1.807, 2.05) is 4.90 Å². The van der Waals surface area contributed by atoms with Gasteiger partial charge in [0, 0.05) is 43.6 Å². The van der Waals surface area contributed by atoms with Gasteiger partial charge in [-0.1, -0.05) is 29.8 Å². The first-order valence-electron chi connectivity index (χ1n) is 9.98. The molecule has 2 unspecified atom stereocenters. The number of amides is 1. The zero-order valence-electron chi connectivity index (χ0n) is 16.5. The molecular weight excluding hydrogens is 372 g/mol. The number of fused-ring (bicyclic) bond motifs is 3. The molecule has 1 amide bonds. The summed E-state index contributed by atoms with van der Waals surface area (Å²) in [6.07, 6.45) is 4.97. The molecule has 3 heterocycles. The van der Waals surface area contributed by atoms with Crippen molar-refractivity contribution in [1.82, 2.24) is 14.8 Å². The SMILES string of the molecule is Cc1cccc2c1NCCC1CCC(CN(C(=O)c3ccc(Cl)cn3)C2)N1C. The highest BCUT2D eigenvalue weighted by molar-refractivity contribution is 6.30. The molecule has 0 saturated carbocycles. The van der Waals surface area contributed by atoms with Gasteiger partial charge in [-0.25, -0.2) is 4.98 Å². The van der Waals surface area contributed by atoms with Crippen molar-refractivity contribution in [3.05, 3.63) is 58.4 Å². The summed E-state index contributed by atoms with van der Waals surface area (Å²) in [5, 5.41) is 4.18. The Hall–Kier alpha value is -2.11. The smallest absolute Gasteiger partial charge is 0.272 e. The van der Waals surface area contributed by atoms with Crippen molar-refractivity contribution >= 4 is 23.2 Å². The maximum absolute atomic E-state index is 13.3. The van der Waals surface area contributed by atoms with Gasteiger partial charge >= 0.3 is 0 Å². The lowest BCUT2D eigenvalue weighted by molar-refractivity contribution is 0.0683. The molecule has 2 aromatic rings. The van der Waals surface area contributed by atoms with E-state index in [-0.39, 0.29) is 5.91 Å². The van der Waals surface area contributed by atoms with Crippen LogP contribution in [-0.2, 0) is 6.54 Å². The average Bonchev–Trinajstić information content (AvgIpc) is 3.01. The van der Waals surface area contributed by atoms with E-state index in [2.05, 4.69) is 47.4 Å². The number of likely N-dealkylation sites (N-methyl/N-ethyl adjacent to an activating group) is 1. The molecule has 0 radical (unpaired) electrons. The minimum atomic E-state index is -0.0415. The molecule has 2 aliphatic rings. The summed E-state index contributed by atoms with van der Waals surface area (Å²) in [6, 6.07) is 10.7. The highest BCUT2D eigenvalue weighted by Gasteiger charge is 2.33. The lowest BCUT2D eigenvalue weighted by Gasteiger charge is -2.31. The third-order valence-electron chi connectivity index (χ3n) is 6.15. The Morgan fingerprint density at radius 1 is 1.18 bits per heavy atom. The summed E-state index contributed by atoms with van der Waals surface area (Å²) >= 11 is 5.96. The highest BCUT2D eigenvalue weighted by Crippen LogP contribution is 2.29. The molecule has 2 bridgehead atoms. The van der Waals surface area contributed by atoms with Crippen LogP contribution in [0.2, 0.25) is 5.02 Å². The molecule has 1 N–H and O–H groups in total. The van der Waals surface area contributed by atoms with Crippen LogP contribution < -0.4 is 5.32 Å². The number of aryl methyl sites for hydroxylation is 1. The van der Waals surface area contributed by atoms with Crippen LogP contribution in [0, 0.1) is 6.92 Å². The number of nitrogens with zero attached hydrogens (tertiary/aromatic N) is 3. The fourth-order valence-electron chi connectivity index (χ4n) is 4.48. The van der Waals surface area contributed by atoms with E-state index in [0.29, 0.717) is 35.9 Å². The quantitative estimate of drug-likeness (QED) is 0.789. The summed E-state index contributed by atoms with van der Waals surface area (Å²) in [5.74, 6) is -0.0415. The van der Waals surface area contributed by atoms with Crippen LogP contribution in [0.4, 0.5) is 5.69 Å². The lowest BCUT2D eigenvalue weighted by Crippen LogP contribution is -2.43. The Morgan fingerprint density at radius 2 is 2.00 bits per heavy atom. The Morgan fingerprint density at radius 3 is 2.79 bits per heavy atom. The zero-order valence-corrected chi connectivity index (χ0v) is 17.2. The molecule has 4 rings (SSSR count). The molecule has 1 aromatic heterocycles. The number of carbonyl (C=O) groups is 1. The lowest BCUT2D eigenvalue weighted by atomic mass is 10.0. The number of anilines is 1. The van der Waals surface area contributed by atoms with E-state index in [9.17, 15) is 4.79 Å². The second-order valence-corrected chi connectivity index (χ2v) is 8.36. The minimum Gasteiger partial charge on any atom is -0.384 e. The van der Waals surface area contributed by atoms with Crippen LogP contribution in [-0.4, -0.2) is 52.9 Å². The summed E-state index contributed by atoms with van der Waals surface area (Å²) < 4.78 is 0. The van der Waals surface area contributed by atoms with E-state index in [1.165, 1.54) is 12.0 Å². The van der Waals surface area contributed by atoms with E-state index in [0.717, 1.165) is 30.6 Å². The van der Waals surface area contributed by atoms with E-state index < -0.39 is 0 Å². The average molecular weight is 399 g/mol. The van der Waals surface area contributed by atoms with Gasteiger partial charge in [0.1, 0.15) is 5.69 Å². The molecule has 28 heavy (non-hydrogen) atoms. The first kappa shape index (κ1) is 19.2. The number of aromatic nitrogens is 1. The second-order valence-electron chi connectivity index (χ2n) is 7.92. The van der Waals surface area contributed by atoms with Gasteiger partial charge in [0.2, 0.25) is 0 Å². The summed E-state index contributed by atoms with van der Waals surface area (Å²) in [6.45, 7) is 4.36. The number of rotatable bonds is 1. The van der Waals surface area contributed by atoms with E-state index in [4.69, 9.17) is 11.6 Å². The van der Waals surface area contributed by atoms with Gasteiger partial charge in [0.15, 0.2) is 0 Å². The van der Waals surface area contributed by atoms with Crippen molar-refractivity contribution in [2.24, 2.45) is 0 Å². The van der Waals surface area contributed by atoms with E-state index in [1.54, 1.807) is 18.3 Å². The van der Waals surface area contributed by atoms with Gasteiger partial charge in [0.25, 0.3) is 5.91 Å². The molecule has 2 atom stereocenters. The Labute approximate surface area is 171 Å². The molecule has 5 nitrogen and oxygen atoms in total. The maximum atomic E-state index is 13.3. The third-order valence-corrected chi connectivity index (χ3v) is 6.37. The fraction of sp³-hybridized carbons (Fsp3) is 0.455. The number of benzene rings is 1. The Bertz CT molecular complexity index is 854. The highest BCUT2D eigenvalue weighted by atomic mass is 35.5. The van der Waals surface area contributed by atoms with Crippen LogP contribution in [0.3, 0.4) is 0 Å². The number of hydrogen-bond acceptors (Lipinski definition) is 4. The fourth-order valence-corrected chi connectivity index (χ4v) is 4.59. The van der Waals surface area contributed by atoms with Gasteiger partial charge < -0.3 is 10.2 Å². The van der Waals surface area contributed by atoms with Crippen molar-refractivity contribution in [2.75, 3.05) is 25.5 Å². The molecule has 1 fully saturated rings. The van der Waals surface area contributed by atoms with Crippen molar-refractivity contribution in [2.45, 2.75) is 44.8 Å². The standard InChI is InChI=1S/C22H27ClN4O/c1-15-4-3-5-16-13-27(22(28)20-9-6-17(23)12-25-20)14-19-8-7-18(26(19)2)10-11-24-21(15)16/h3-6,9,12,18-19,24H,7-8,10-11,13-14H2,1-2H3. The summed E-state index contributed by atoms with van der Waals surface area (Å²) in [7, 11) is 2.20. The Balaban J connectivity index is 1.69. The largest absolute Gasteiger partial charge is 0.384 e. The number of para-hydroxylation sites is 1. The maximum Gasteiger partial charge on any atom is 0.272 e. The van der Waals surface area contributed by atoms with Gasteiger partial charge in [-0.3, -0.25) is 9.69 Å². The molecule has 148 valence electrons. The second kappa shape index (κ2) is 8.10. The molecule has 1 saturated heterocycles. The molecule has 0 aliphatic carbocycles. The predicted octanol–water partition coefficient (Wildman–Crippen LogP) is 3.96. The van der Waals surface area contributed by atoms with Gasteiger partial charge in [-0.2, -0.15) is 0 Å². The van der Waals surface area contributed by atoms with Crippen LogP contribution >= 0.6 is 11.6 Å². The van der Waals surface area contributed by atoms with Gasteiger partial charge in [-0.15, -0.1) is 0 Å². The molecule has 1 aromatic carbocycles. The molecule has 2 aliphatic heterocycles. The molecular formula is C22H27ClN4O. The number of carbonyl (C=O) groups excluding carboxylic acids is 1. The summed E-state index contributed by atoms with van der Waals surface area (Å²) in [5.41, 5.74) is 3.97. The normalized spacial score (nSPS) is 22.9. The predicted molar refractivity (Wildman–Crippen MR) is 113 cm³/mol. The van der Waals surface area contributed by atoms with Crippen molar-refractivity contribution in [3.8, 4) is 0 Å². The molecule has 6 heteroatoms. The number of halogens is 1. The van der Waals surface area contributed by atoms with Crippen LogP contribution in [0.5, 0.6) is 0 Å². The first-order chi connectivity index (χ1) is 13.5. The van der Waals surface area contributed by atoms with Crippen molar-refractivity contribution < 1.29 is 4.79 Å². The van der Waals surface area contributed by atoms with Crippen LogP contribution in [0.15, 0.2) is 36.5 Å².